The number of carbonyl (C=O) groups is 3. The number of carbonyl (C=O) groups excluding carboxylic acids is 3. The van der Waals surface area contributed by atoms with Gasteiger partial charge in [0.2, 0.25) is 0 Å². The third-order valence-electron chi connectivity index (χ3n) is 2.58. The summed E-state index contributed by atoms with van der Waals surface area (Å²) < 4.78 is 30.4. The van der Waals surface area contributed by atoms with Gasteiger partial charge in [-0.15, -0.1) is 0 Å². The maximum absolute atomic E-state index is 12.9. The molecule has 1 aromatic carbocycles. The second-order valence-electron chi connectivity index (χ2n) is 4.01. The zero-order chi connectivity index (χ0) is 14.7. The highest BCUT2D eigenvalue weighted by Crippen LogP contribution is 2.09. The Morgan fingerprint density at radius 2 is 1.90 bits per heavy atom. The van der Waals surface area contributed by atoms with E-state index in [9.17, 15) is 23.2 Å². The van der Waals surface area contributed by atoms with Crippen molar-refractivity contribution in [1.82, 2.24) is 10.2 Å². The van der Waals surface area contributed by atoms with Gasteiger partial charge in [0.25, 0.3) is 5.91 Å². The second-order valence-corrected chi connectivity index (χ2v) is 4.01. The number of amides is 3. The van der Waals surface area contributed by atoms with Crippen LogP contribution in [0.3, 0.4) is 0 Å². The maximum Gasteiger partial charge on any atom is 0.338 e. The van der Waals surface area contributed by atoms with E-state index in [1.54, 1.807) is 0 Å². The van der Waals surface area contributed by atoms with Gasteiger partial charge in [0, 0.05) is 19.2 Å². The fraction of sp³-hybridized carbons (Fsp3) is 0.250. The van der Waals surface area contributed by atoms with Crippen LogP contribution in [0.5, 0.6) is 0 Å². The van der Waals surface area contributed by atoms with Crippen LogP contribution in [-0.2, 0) is 9.53 Å². The van der Waals surface area contributed by atoms with Gasteiger partial charge in [0.1, 0.15) is 11.6 Å². The molecule has 1 N–H and O–H groups in total. The van der Waals surface area contributed by atoms with Crippen LogP contribution in [0.15, 0.2) is 18.2 Å². The lowest BCUT2D eigenvalue weighted by Gasteiger charge is -2.12. The van der Waals surface area contributed by atoms with Crippen molar-refractivity contribution in [2.75, 3.05) is 19.7 Å². The number of esters is 1. The minimum absolute atomic E-state index is 0.184. The van der Waals surface area contributed by atoms with E-state index in [-0.39, 0.29) is 12.1 Å². The van der Waals surface area contributed by atoms with Gasteiger partial charge in [-0.3, -0.25) is 9.69 Å². The summed E-state index contributed by atoms with van der Waals surface area (Å²) in [5, 5.41) is 2.41. The maximum atomic E-state index is 12.9. The first-order chi connectivity index (χ1) is 9.47. The molecule has 0 spiro atoms. The van der Waals surface area contributed by atoms with E-state index in [1.807, 2.05) is 0 Å². The molecule has 3 amide bonds. The number of ether oxygens (including phenoxy) is 1. The van der Waals surface area contributed by atoms with Gasteiger partial charge >= 0.3 is 12.0 Å². The summed E-state index contributed by atoms with van der Waals surface area (Å²) in [6.07, 6.45) is 0. The molecule has 1 heterocycles. The van der Waals surface area contributed by atoms with Crippen LogP contribution in [0.4, 0.5) is 13.6 Å². The Kier molecular flexibility index (Phi) is 3.92. The third-order valence-corrected chi connectivity index (χ3v) is 2.58. The van der Waals surface area contributed by atoms with Gasteiger partial charge in [-0.25, -0.2) is 18.4 Å². The van der Waals surface area contributed by atoms with Gasteiger partial charge in [-0.1, -0.05) is 0 Å². The van der Waals surface area contributed by atoms with E-state index in [0.29, 0.717) is 12.6 Å². The highest BCUT2D eigenvalue weighted by atomic mass is 19.1. The van der Waals surface area contributed by atoms with Crippen LogP contribution < -0.4 is 5.32 Å². The average molecular weight is 284 g/mol. The third kappa shape index (κ3) is 3.08. The summed E-state index contributed by atoms with van der Waals surface area (Å²) >= 11 is 0. The van der Waals surface area contributed by atoms with Crippen molar-refractivity contribution in [2.45, 2.75) is 0 Å². The van der Waals surface area contributed by atoms with Crippen molar-refractivity contribution < 1.29 is 27.9 Å². The highest BCUT2D eigenvalue weighted by molar-refractivity contribution is 5.98. The molecule has 1 saturated heterocycles. The Morgan fingerprint density at radius 3 is 2.45 bits per heavy atom. The molecule has 106 valence electrons. The Hall–Kier alpha value is -2.51. The van der Waals surface area contributed by atoms with Crippen molar-refractivity contribution in [1.29, 1.82) is 0 Å². The molecule has 1 aliphatic rings. The average Bonchev–Trinajstić information content (AvgIpc) is 2.80. The fourth-order valence-electron chi connectivity index (χ4n) is 1.67. The first-order valence-electron chi connectivity index (χ1n) is 5.69. The predicted octanol–water partition coefficient (Wildman–Crippen LogP) is 0.673. The molecule has 0 bridgehead atoms. The molecule has 1 aliphatic heterocycles. The zero-order valence-corrected chi connectivity index (χ0v) is 10.2. The summed E-state index contributed by atoms with van der Waals surface area (Å²) in [5.74, 6) is -3.61. The molecule has 0 unspecified atom stereocenters. The molecule has 0 radical (unpaired) electrons. The molecule has 2 rings (SSSR count). The highest BCUT2D eigenvalue weighted by Gasteiger charge is 2.26. The topological polar surface area (TPSA) is 75.7 Å². The van der Waals surface area contributed by atoms with E-state index in [1.165, 1.54) is 0 Å². The lowest BCUT2D eigenvalue weighted by molar-refractivity contribution is -0.130. The lowest BCUT2D eigenvalue weighted by atomic mass is 10.2. The second kappa shape index (κ2) is 5.64. The van der Waals surface area contributed by atoms with Crippen molar-refractivity contribution in [3.05, 3.63) is 35.4 Å². The van der Waals surface area contributed by atoms with Crippen LogP contribution in [0, 0.1) is 11.6 Å². The van der Waals surface area contributed by atoms with Crippen molar-refractivity contribution in [2.24, 2.45) is 0 Å². The summed E-state index contributed by atoms with van der Waals surface area (Å²) in [7, 11) is 0. The number of nitrogens with one attached hydrogen (secondary N) is 1. The predicted molar refractivity (Wildman–Crippen MR) is 61.8 cm³/mol. The molecule has 0 saturated carbocycles. The quantitative estimate of drug-likeness (QED) is 0.828. The Morgan fingerprint density at radius 1 is 1.25 bits per heavy atom. The first-order valence-corrected chi connectivity index (χ1v) is 5.69. The summed E-state index contributed by atoms with van der Waals surface area (Å²) in [6.45, 7) is -0.165. The molecule has 8 heteroatoms. The van der Waals surface area contributed by atoms with E-state index in [2.05, 4.69) is 10.1 Å². The zero-order valence-electron chi connectivity index (χ0n) is 10.2. The molecular formula is C12H10F2N2O4. The minimum atomic E-state index is -1.05. The minimum Gasteiger partial charge on any atom is -0.452 e. The normalized spacial score (nSPS) is 14.1. The van der Waals surface area contributed by atoms with Crippen LogP contribution in [-0.4, -0.2) is 42.5 Å². The van der Waals surface area contributed by atoms with Gasteiger partial charge in [0.05, 0.1) is 5.56 Å². The number of nitrogens with zero attached hydrogens (tertiary/aromatic N) is 1. The Balaban J connectivity index is 1.95. The number of halogens is 2. The SMILES string of the molecule is O=C(OCC(=O)N1CCNC1=O)c1cc(F)cc(F)c1. The van der Waals surface area contributed by atoms with Crippen LogP contribution >= 0.6 is 0 Å². The Bertz CT molecular complexity index is 556. The molecule has 1 aromatic rings. The molecular weight excluding hydrogens is 274 g/mol. The summed E-state index contributed by atoms with van der Waals surface area (Å²) in [5.41, 5.74) is -0.346. The molecule has 1 fully saturated rings. The summed E-state index contributed by atoms with van der Waals surface area (Å²) in [4.78, 5) is 35.2. The van der Waals surface area contributed by atoms with E-state index < -0.39 is 36.1 Å². The van der Waals surface area contributed by atoms with Gasteiger partial charge in [-0.2, -0.15) is 0 Å². The molecule has 20 heavy (non-hydrogen) atoms. The van der Waals surface area contributed by atoms with E-state index >= 15 is 0 Å². The summed E-state index contributed by atoms with van der Waals surface area (Å²) in [6, 6.07) is 1.62. The smallest absolute Gasteiger partial charge is 0.338 e. The fourth-order valence-corrected chi connectivity index (χ4v) is 1.67. The first kappa shape index (κ1) is 13.9. The van der Waals surface area contributed by atoms with Crippen LogP contribution in [0.25, 0.3) is 0 Å². The Labute approximate surface area is 112 Å². The monoisotopic (exact) mass is 284 g/mol. The van der Waals surface area contributed by atoms with Crippen molar-refractivity contribution in [3.63, 3.8) is 0 Å². The largest absolute Gasteiger partial charge is 0.452 e. The van der Waals surface area contributed by atoms with E-state index in [4.69, 9.17) is 0 Å². The molecule has 0 aromatic heterocycles. The van der Waals surface area contributed by atoms with Gasteiger partial charge in [-0.05, 0) is 12.1 Å². The van der Waals surface area contributed by atoms with Gasteiger partial charge in [0.15, 0.2) is 6.61 Å². The number of imide groups is 1. The molecule has 6 nitrogen and oxygen atoms in total. The van der Waals surface area contributed by atoms with Crippen molar-refractivity contribution >= 4 is 17.9 Å². The van der Waals surface area contributed by atoms with Crippen molar-refractivity contribution in [3.8, 4) is 0 Å². The van der Waals surface area contributed by atoms with E-state index in [0.717, 1.165) is 17.0 Å². The van der Waals surface area contributed by atoms with Crippen LogP contribution in [0.2, 0.25) is 0 Å². The number of benzene rings is 1. The van der Waals surface area contributed by atoms with Gasteiger partial charge < -0.3 is 10.1 Å². The standard InChI is InChI=1S/C12H10F2N2O4/c13-8-3-7(4-9(14)5-8)11(18)20-6-10(17)16-2-1-15-12(16)19/h3-5H,1-2,6H2,(H,15,19). The number of hydrogen-bond donors (Lipinski definition) is 1. The lowest BCUT2D eigenvalue weighted by Crippen LogP contribution is -2.37. The van der Waals surface area contributed by atoms with Crippen LogP contribution in [0.1, 0.15) is 10.4 Å². The molecule has 0 aliphatic carbocycles. The number of rotatable bonds is 3. The molecule has 0 atom stereocenters. The number of hydrogen-bond acceptors (Lipinski definition) is 4. The number of urea groups is 1.